The van der Waals surface area contributed by atoms with Gasteiger partial charge in [-0.1, -0.05) is 19.1 Å². The second-order valence-electron chi connectivity index (χ2n) is 3.22. The standard InChI is InChI=1S/C11H11NO2/c1-3-9-12-8-6-4-5-7(2)10(8)11(13)14-9/h4-6H,3H2,1-2H3. The van der Waals surface area contributed by atoms with Gasteiger partial charge in [-0.05, 0) is 18.6 Å². The molecule has 72 valence electrons. The van der Waals surface area contributed by atoms with E-state index in [1.54, 1.807) is 0 Å². The molecule has 14 heavy (non-hydrogen) atoms. The molecule has 0 aliphatic heterocycles. The Bertz CT molecular complexity index is 528. The van der Waals surface area contributed by atoms with Gasteiger partial charge in [0.15, 0.2) is 5.89 Å². The van der Waals surface area contributed by atoms with Crippen molar-refractivity contribution in [2.24, 2.45) is 0 Å². The van der Waals surface area contributed by atoms with Crippen molar-refractivity contribution in [3.05, 3.63) is 40.1 Å². The van der Waals surface area contributed by atoms with Gasteiger partial charge >= 0.3 is 5.63 Å². The third-order valence-corrected chi connectivity index (χ3v) is 2.21. The summed E-state index contributed by atoms with van der Waals surface area (Å²) in [5.41, 5.74) is 1.34. The van der Waals surface area contributed by atoms with Gasteiger partial charge in [0.05, 0.1) is 10.9 Å². The molecule has 0 aliphatic rings. The Labute approximate surface area is 81.4 Å². The maximum Gasteiger partial charge on any atom is 0.347 e. The molecule has 3 nitrogen and oxygen atoms in total. The van der Waals surface area contributed by atoms with Crippen LogP contribution in [0.4, 0.5) is 0 Å². The average Bonchev–Trinajstić information content (AvgIpc) is 2.17. The third-order valence-electron chi connectivity index (χ3n) is 2.21. The first-order valence-electron chi connectivity index (χ1n) is 4.61. The summed E-state index contributed by atoms with van der Waals surface area (Å²) >= 11 is 0. The predicted octanol–water partition coefficient (Wildman–Crippen LogP) is 2.06. The number of hydrogen-bond donors (Lipinski definition) is 0. The summed E-state index contributed by atoms with van der Waals surface area (Å²) in [6.45, 7) is 3.79. The molecule has 0 fully saturated rings. The van der Waals surface area contributed by atoms with Gasteiger partial charge in [-0.2, -0.15) is 0 Å². The van der Waals surface area contributed by atoms with E-state index < -0.39 is 0 Å². The molecule has 2 aromatic rings. The fraction of sp³-hybridized carbons (Fsp3) is 0.273. The minimum absolute atomic E-state index is 0.287. The second kappa shape index (κ2) is 3.25. The highest BCUT2D eigenvalue weighted by molar-refractivity contribution is 5.80. The van der Waals surface area contributed by atoms with Crippen molar-refractivity contribution in [1.29, 1.82) is 0 Å². The van der Waals surface area contributed by atoms with E-state index in [2.05, 4.69) is 4.98 Å². The Morgan fingerprint density at radius 3 is 2.93 bits per heavy atom. The van der Waals surface area contributed by atoms with Gasteiger partial charge in [0.2, 0.25) is 0 Å². The number of aromatic nitrogens is 1. The highest BCUT2D eigenvalue weighted by Gasteiger charge is 2.06. The van der Waals surface area contributed by atoms with Crippen molar-refractivity contribution >= 4 is 10.9 Å². The van der Waals surface area contributed by atoms with Crippen LogP contribution in [0.1, 0.15) is 18.4 Å². The van der Waals surface area contributed by atoms with Gasteiger partial charge in [0, 0.05) is 6.42 Å². The predicted molar refractivity (Wildman–Crippen MR) is 54.4 cm³/mol. The lowest BCUT2D eigenvalue weighted by Gasteiger charge is -2.00. The number of aryl methyl sites for hydroxylation is 2. The maximum atomic E-state index is 11.6. The fourth-order valence-corrected chi connectivity index (χ4v) is 1.48. The zero-order chi connectivity index (χ0) is 10.1. The molecule has 0 amide bonds. The first-order chi connectivity index (χ1) is 6.72. The highest BCUT2D eigenvalue weighted by Crippen LogP contribution is 2.12. The van der Waals surface area contributed by atoms with Crippen LogP contribution in [0.5, 0.6) is 0 Å². The van der Waals surface area contributed by atoms with Crippen LogP contribution in [0, 0.1) is 6.92 Å². The molecule has 0 N–H and O–H groups in total. The molecule has 0 radical (unpaired) electrons. The quantitative estimate of drug-likeness (QED) is 0.689. The summed E-state index contributed by atoms with van der Waals surface area (Å²) in [5, 5.41) is 0.588. The van der Waals surface area contributed by atoms with Crippen LogP contribution in [-0.2, 0) is 6.42 Å². The SMILES string of the molecule is CCc1nc2cccc(C)c2c(=O)o1. The Kier molecular flexibility index (Phi) is 2.08. The molecule has 1 aromatic heterocycles. The molecule has 0 spiro atoms. The third kappa shape index (κ3) is 1.31. The molecular formula is C11H11NO2. The molecular weight excluding hydrogens is 178 g/mol. The van der Waals surface area contributed by atoms with Crippen LogP contribution in [0.2, 0.25) is 0 Å². The van der Waals surface area contributed by atoms with Crippen LogP contribution in [0.15, 0.2) is 27.4 Å². The largest absolute Gasteiger partial charge is 0.408 e. The molecule has 0 saturated heterocycles. The Morgan fingerprint density at radius 2 is 2.21 bits per heavy atom. The molecule has 1 aromatic carbocycles. The normalized spacial score (nSPS) is 10.7. The van der Waals surface area contributed by atoms with Crippen molar-refractivity contribution in [2.45, 2.75) is 20.3 Å². The molecule has 3 heteroatoms. The van der Waals surface area contributed by atoms with Crippen molar-refractivity contribution < 1.29 is 4.42 Å². The number of benzene rings is 1. The van der Waals surface area contributed by atoms with Crippen LogP contribution in [-0.4, -0.2) is 4.98 Å². The summed E-state index contributed by atoms with van der Waals surface area (Å²) in [4.78, 5) is 15.8. The monoisotopic (exact) mass is 189 g/mol. The highest BCUT2D eigenvalue weighted by atomic mass is 16.4. The minimum Gasteiger partial charge on any atom is -0.408 e. The molecule has 0 saturated carbocycles. The summed E-state index contributed by atoms with van der Waals surface area (Å²) in [6, 6.07) is 5.61. The van der Waals surface area contributed by atoms with E-state index in [1.807, 2.05) is 32.0 Å². The molecule has 0 unspecified atom stereocenters. The van der Waals surface area contributed by atoms with Crippen molar-refractivity contribution in [3.8, 4) is 0 Å². The van der Waals surface area contributed by atoms with Crippen LogP contribution in [0.3, 0.4) is 0 Å². The molecule has 0 aliphatic carbocycles. The van der Waals surface area contributed by atoms with Gasteiger partial charge in [0.1, 0.15) is 0 Å². The zero-order valence-corrected chi connectivity index (χ0v) is 8.20. The topological polar surface area (TPSA) is 43.1 Å². The number of nitrogens with zero attached hydrogens (tertiary/aromatic N) is 1. The van der Waals surface area contributed by atoms with Crippen LogP contribution in [0.25, 0.3) is 10.9 Å². The number of fused-ring (bicyclic) bond motifs is 1. The molecule has 1 heterocycles. The van der Waals surface area contributed by atoms with E-state index in [0.717, 1.165) is 11.1 Å². The van der Waals surface area contributed by atoms with E-state index >= 15 is 0 Å². The number of rotatable bonds is 1. The van der Waals surface area contributed by atoms with E-state index in [4.69, 9.17) is 4.42 Å². The molecule has 2 rings (SSSR count). The first kappa shape index (κ1) is 8.94. The van der Waals surface area contributed by atoms with Gasteiger partial charge in [-0.3, -0.25) is 0 Å². The van der Waals surface area contributed by atoms with Crippen LogP contribution < -0.4 is 5.63 Å². The zero-order valence-electron chi connectivity index (χ0n) is 8.20. The van der Waals surface area contributed by atoms with E-state index in [1.165, 1.54) is 0 Å². The van der Waals surface area contributed by atoms with E-state index in [0.29, 0.717) is 17.7 Å². The van der Waals surface area contributed by atoms with E-state index in [-0.39, 0.29) is 5.63 Å². The Hall–Kier alpha value is -1.64. The maximum absolute atomic E-state index is 11.6. The Morgan fingerprint density at radius 1 is 1.43 bits per heavy atom. The lowest BCUT2D eigenvalue weighted by atomic mass is 10.1. The van der Waals surface area contributed by atoms with Crippen molar-refractivity contribution in [2.75, 3.05) is 0 Å². The molecule has 0 bridgehead atoms. The Balaban J connectivity index is 2.90. The van der Waals surface area contributed by atoms with Crippen molar-refractivity contribution in [1.82, 2.24) is 4.98 Å². The lowest BCUT2D eigenvalue weighted by Crippen LogP contribution is -2.05. The van der Waals surface area contributed by atoms with Gasteiger partial charge in [0.25, 0.3) is 0 Å². The van der Waals surface area contributed by atoms with Crippen LogP contribution >= 0.6 is 0 Å². The fourth-order valence-electron chi connectivity index (χ4n) is 1.48. The van der Waals surface area contributed by atoms with Crippen molar-refractivity contribution in [3.63, 3.8) is 0 Å². The minimum atomic E-state index is -0.287. The summed E-state index contributed by atoms with van der Waals surface area (Å²) in [5.74, 6) is 0.494. The smallest absolute Gasteiger partial charge is 0.347 e. The van der Waals surface area contributed by atoms with E-state index in [9.17, 15) is 4.79 Å². The summed E-state index contributed by atoms with van der Waals surface area (Å²) in [6.07, 6.45) is 0.638. The van der Waals surface area contributed by atoms with Gasteiger partial charge in [-0.15, -0.1) is 0 Å². The second-order valence-corrected chi connectivity index (χ2v) is 3.22. The van der Waals surface area contributed by atoms with Gasteiger partial charge < -0.3 is 4.42 Å². The van der Waals surface area contributed by atoms with Gasteiger partial charge in [-0.25, -0.2) is 9.78 Å². The average molecular weight is 189 g/mol. The summed E-state index contributed by atoms with van der Waals surface area (Å²) < 4.78 is 5.05. The first-order valence-corrected chi connectivity index (χ1v) is 4.61. The summed E-state index contributed by atoms with van der Waals surface area (Å²) in [7, 11) is 0. The lowest BCUT2D eigenvalue weighted by molar-refractivity contribution is 0.450. The number of hydrogen-bond acceptors (Lipinski definition) is 3. The molecule has 0 atom stereocenters.